The molecule has 0 radical (unpaired) electrons. The fourth-order valence-electron chi connectivity index (χ4n) is 4.31. The molecular formula is C29H36N2O3. The lowest BCUT2D eigenvalue weighted by Crippen LogP contribution is -2.24. The highest BCUT2D eigenvalue weighted by atomic mass is 16.5. The number of likely N-dealkylation sites (tertiary alicyclic amines) is 1. The SMILES string of the molecule is C=C(C#N)/C=C(\CC)COc1cccc(-c2cccc(OCCCN3CC[C@@H](O)C3)c2C)c1C. The zero-order valence-corrected chi connectivity index (χ0v) is 20.6. The highest BCUT2D eigenvalue weighted by Gasteiger charge is 2.19. The van der Waals surface area contributed by atoms with E-state index in [1.807, 2.05) is 31.2 Å². The number of hydrogen-bond acceptors (Lipinski definition) is 5. The molecule has 2 aromatic carbocycles. The molecule has 2 aromatic rings. The van der Waals surface area contributed by atoms with Crippen LogP contribution in [0.1, 0.15) is 37.3 Å². The summed E-state index contributed by atoms with van der Waals surface area (Å²) >= 11 is 0. The Morgan fingerprint density at radius 3 is 2.35 bits per heavy atom. The lowest BCUT2D eigenvalue weighted by Gasteiger charge is -2.18. The normalized spacial score (nSPS) is 16.3. The summed E-state index contributed by atoms with van der Waals surface area (Å²) in [5.74, 6) is 1.73. The van der Waals surface area contributed by atoms with E-state index in [-0.39, 0.29) is 6.10 Å². The molecule has 1 saturated heterocycles. The second kappa shape index (κ2) is 12.4. The Bertz CT molecular complexity index is 1070. The van der Waals surface area contributed by atoms with E-state index in [2.05, 4.69) is 43.5 Å². The van der Waals surface area contributed by atoms with Crippen LogP contribution >= 0.6 is 0 Å². The van der Waals surface area contributed by atoms with Gasteiger partial charge >= 0.3 is 0 Å². The van der Waals surface area contributed by atoms with Crippen molar-refractivity contribution < 1.29 is 14.6 Å². The van der Waals surface area contributed by atoms with Crippen LogP contribution in [0, 0.1) is 25.2 Å². The van der Waals surface area contributed by atoms with Crippen molar-refractivity contribution in [3.8, 4) is 28.7 Å². The number of rotatable bonds is 11. The van der Waals surface area contributed by atoms with Crippen LogP contribution in [0.15, 0.2) is 60.2 Å². The maximum Gasteiger partial charge on any atom is 0.123 e. The van der Waals surface area contributed by atoms with Gasteiger partial charge < -0.3 is 19.5 Å². The van der Waals surface area contributed by atoms with Crippen LogP contribution in [0.5, 0.6) is 11.5 Å². The first-order chi connectivity index (χ1) is 16.4. The summed E-state index contributed by atoms with van der Waals surface area (Å²) in [5, 5.41) is 18.7. The number of aliphatic hydroxyl groups is 1. The molecule has 0 spiro atoms. The van der Waals surface area contributed by atoms with Gasteiger partial charge in [0.05, 0.1) is 18.8 Å². The summed E-state index contributed by atoms with van der Waals surface area (Å²) in [5.41, 5.74) is 5.91. The molecule has 0 aromatic heterocycles. The molecule has 0 saturated carbocycles. The molecule has 180 valence electrons. The van der Waals surface area contributed by atoms with Crippen LogP contribution in [0.2, 0.25) is 0 Å². The monoisotopic (exact) mass is 460 g/mol. The number of β-amino-alcohol motifs (C(OH)–C–C–N with tert-alkyl or cyclic N) is 1. The lowest BCUT2D eigenvalue weighted by molar-refractivity contribution is 0.173. The summed E-state index contributed by atoms with van der Waals surface area (Å²) < 4.78 is 12.3. The Labute approximate surface area is 203 Å². The highest BCUT2D eigenvalue weighted by molar-refractivity contribution is 5.74. The molecule has 0 unspecified atom stereocenters. The third-order valence-corrected chi connectivity index (χ3v) is 6.37. The van der Waals surface area contributed by atoms with E-state index in [0.29, 0.717) is 18.8 Å². The number of hydrogen-bond donors (Lipinski definition) is 1. The van der Waals surface area contributed by atoms with Gasteiger partial charge in [0, 0.05) is 25.2 Å². The predicted octanol–water partition coefficient (Wildman–Crippen LogP) is 5.60. The van der Waals surface area contributed by atoms with Crippen LogP contribution in [0.25, 0.3) is 11.1 Å². The second-order valence-corrected chi connectivity index (χ2v) is 8.88. The maximum absolute atomic E-state index is 9.67. The summed E-state index contributed by atoms with van der Waals surface area (Å²) in [7, 11) is 0. The first-order valence-corrected chi connectivity index (χ1v) is 12.1. The van der Waals surface area contributed by atoms with E-state index in [0.717, 1.165) is 78.2 Å². The molecular weight excluding hydrogens is 424 g/mol. The molecule has 0 amide bonds. The van der Waals surface area contributed by atoms with Gasteiger partial charge in [-0.3, -0.25) is 0 Å². The molecule has 34 heavy (non-hydrogen) atoms. The van der Waals surface area contributed by atoms with Crippen molar-refractivity contribution >= 4 is 0 Å². The van der Waals surface area contributed by atoms with Gasteiger partial charge in [-0.1, -0.05) is 37.8 Å². The summed E-state index contributed by atoms with van der Waals surface area (Å²) in [4.78, 5) is 2.29. The Kier molecular flexibility index (Phi) is 9.33. The van der Waals surface area contributed by atoms with Gasteiger partial charge in [0.25, 0.3) is 0 Å². The zero-order chi connectivity index (χ0) is 24.5. The van der Waals surface area contributed by atoms with Crippen molar-refractivity contribution in [1.29, 1.82) is 5.26 Å². The minimum Gasteiger partial charge on any atom is -0.493 e. The van der Waals surface area contributed by atoms with E-state index in [9.17, 15) is 5.11 Å². The van der Waals surface area contributed by atoms with Crippen molar-refractivity contribution in [2.45, 2.75) is 46.1 Å². The van der Waals surface area contributed by atoms with E-state index in [4.69, 9.17) is 14.7 Å². The molecule has 3 rings (SSSR count). The standard InChI is InChI=1S/C29H36N2O3/c1-5-24(17-21(2)18-30)20-34-29-12-7-10-27(23(29)4)26-9-6-11-28(22(26)3)33-16-8-14-31-15-13-25(32)19-31/h6-7,9-12,17,25,32H,2,5,8,13-16,19-20H2,1,3-4H3/b24-17+/t25-/m1/s1. The van der Waals surface area contributed by atoms with Crippen molar-refractivity contribution in [2.75, 3.05) is 32.8 Å². The molecule has 1 aliphatic rings. The molecule has 1 fully saturated rings. The smallest absolute Gasteiger partial charge is 0.123 e. The molecule has 0 bridgehead atoms. The van der Waals surface area contributed by atoms with Crippen molar-refractivity contribution in [2.24, 2.45) is 0 Å². The van der Waals surface area contributed by atoms with Gasteiger partial charge in [-0.2, -0.15) is 5.26 Å². The van der Waals surface area contributed by atoms with Crippen LogP contribution in [0.3, 0.4) is 0 Å². The Morgan fingerprint density at radius 2 is 1.79 bits per heavy atom. The highest BCUT2D eigenvalue weighted by Crippen LogP contribution is 2.35. The topological polar surface area (TPSA) is 65.7 Å². The van der Waals surface area contributed by atoms with Crippen LogP contribution in [-0.4, -0.2) is 49.0 Å². The minimum atomic E-state index is -0.176. The van der Waals surface area contributed by atoms with Crippen LogP contribution < -0.4 is 9.47 Å². The summed E-state index contributed by atoms with van der Waals surface area (Å²) in [6, 6.07) is 14.3. The molecule has 5 heteroatoms. The van der Waals surface area contributed by atoms with Crippen LogP contribution in [0.4, 0.5) is 0 Å². The number of nitriles is 1. The lowest BCUT2D eigenvalue weighted by atomic mass is 9.95. The molecule has 0 aliphatic carbocycles. The number of nitrogens with zero attached hydrogens (tertiary/aromatic N) is 2. The number of aliphatic hydroxyl groups excluding tert-OH is 1. The summed E-state index contributed by atoms with van der Waals surface area (Å²) in [6.07, 6.45) is 4.23. The predicted molar refractivity (Wildman–Crippen MR) is 137 cm³/mol. The number of allylic oxidation sites excluding steroid dienone is 2. The van der Waals surface area contributed by atoms with Crippen molar-refractivity contribution in [1.82, 2.24) is 4.90 Å². The van der Waals surface area contributed by atoms with E-state index in [1.165, 1.54) is 0 Å². The first kappa shape index (κ1) is 25.6. The molecule has 1 N–H and O–H groups in total. The van der Waals surface area contributed by atoms with Crippen LogP contribution in [-0.2, 0) is 0 Å². The number of ether oxygens (including phenoxy) is 2. The number of benzene rings is 2. The Hall–Kier alpha value is -3.07. The van der Waals surface area contributed by atoms with Gasteiger partial charge in [0.15, 0.2) is 0 Å². The fraction of sp³-hybridized carbons (Fsp3) is 0.414. The zero-order valence-electron chi connectivity index (χ0n) is 20.6. The van der Waals surface area contributed by atoms with Crippen molar-refractivity contribution in [3.63, 3.8) is 0 Å². The Balaban J connectivity index is 1.68. The third-order valence-electron chi connectivity index (χ3n) is 6.37. The van der Waals surface area contributed by atoms with Gasteiger partial charge in [0.2, 0.25) is 0 Å². The first-order valence-electron chi connectivity index (χ1n) is 12.1. The van der Waals surface area contributed by atoms with E-state index >= 15 is 0 Å². The Morgan fingerprint density at radius 1 is 1.15 bits per heavy atom. The molecule has 1 aliphatic heterocycles. The van der Waals surface area contributed by atoms with Crippen molar-refractivity contribution in [3.05, 3.63) is 71.3 Å². The third kappa shape index (κ3) is 6.72. The van der Waals surface area contributed by atoms with Gasteiger partial charge in [0.1, 0.15) is 18.1 Å². The largest absolute Gasteiger partial charge is 0.493 e. The quantitative estimate of drug-likeness (QED) is 0.269. The fourth-order valence-corrected chi connectivity index (χ4v) is 4.31. The van der Waals surface area contributed by atoms with E-state index in [1.54, 1.807) is 6.08 Å². The van der Waals surface area contributed by atoms with E-state index < -0.39 is 0 Å². The average Bonchev–Trinajstić information content (AvgIpc) is 3.26. The maximum atomic E-state index is 9.67. The minimum absolute atomic E-state index is 0.176. The van der Waals surface area contributed by atoms with Gasteiger partial charge in [-0.05, 0) is 79.1 Å². The molecule has 5 nitrogen and oxygen atoms in total. The molecule has 1 heterocycles. The van der Waals surface area contributed by atoms with Gasteiger partial charge in [-0.15, -0.1) is 0 Å². The molecule has 1 atom stereocenters. The average molecular weight is 461 g/mol. The van der Waals surface area contributed by atoms with Gasteiger partial charge in [-0.25, -0.2) is 0 Å². The second-order valence-electron chi connectivity index (χ2n) is 8.88. The summed E-state index contributed by atoms with van der Waals surface area (Å²) in [6.45, 7) is 13.7.